The molecular weight excluding hydrogens is 225 g/mol. The highest BCUT2D eigenvalue weighted by Gasteiger charge is 2.19. The van der Waals surface area contributed by atoms with E-state index in [9.17, 15) is 4.39 Å². The van der Waals surface area contributed by atoms with Crippen molar-refractivity contribution in [3.63, 3.8) is 0 Å². The van der Waals surface area contributed by atoms with Gasteiger partial charge in [0, 0.05) is 11.1 Å². The van der Waals surface area contributed by atoms with Gasteiger partial charge in [-0.1, -0.05) is 38.8 Å². The van der Waals surface area contributed by atoms with Crippen molar-refractivity contribution in [2.75, 3.05) is 6.54 Å². The van der Waals surface area contributed by atoms with Gasteiger partial charge in [-0.05, 0) is 36.2 Å². The number of rotatable bonds is 5. The molecule has 0 radical (unpaired) electrons. The van der Waals surface area contributed by atoms with Crippen molar-refractivity contribution in [1.82, 2.24) is 5.32 Å². The molecule has 1 nitrogen and oxygen atoms in total. The lowest BCUT2D eigenvalue weighted by Crippen LogP contribution is -2.26. The SMILES string of the molecule is CCNC(c1cc(F)ccc1Cl)C(C)CC. The summed E-state index contributed by atoms with van der Waals surface area (Å²) in [5.41, 5.74) is 0.859. The maximum Gasteiger partial charge on any atom is 0.123 e. The summed E-state index contributed by atoms with van der Waals surface area (Å²) >= 11 is 6.12. The van der Waals surface area contributed by atoms with Crippen molar-refractivity contribution in [3.8, 4) is 0 Å². The summed E-state index contributed by atoms with van der Waals surface area (Å²) in [6.45, 7) is 7.17. The molecule has 0 saturated carbocycles. The number of hydrogen-bond donors (Lipinski definition) is 1. The molecule has 1 aromatic carbocycles. The minimum atomic E-state index is -0.231. The van der Waals surface area contributed by atoms with E-state index < -0.39 is 0 Å². The van der Waals surface area contributed by atoms with E-state index in [2.05, 4.69) is 19.2 Å². The van der Waals surface area contributed by atoms with Crippen LogP contribution >= 0.6 is 11.6 Å². The van der Waals surface area contributed by atoms with Crippen molar-refractivity contribution in [2.24, 2.45) is 5.92 Å². The van der Waals surface area contributed by atoms with Crippen LogP contribution in [0.4, 0.5) is 4.39 Å². The fraction of sp³-hybridized carbons (Fsp3) is 0.538. The molecule has 0 aliphatic rings. The molecule has 1 N–H and O–H groups in total. The molecule has 0 bridgehead atoms. The van der Waals surface area contributed by atoms with Crippen LogP contribution in [0.5, 0.6) is 0 Å². The number of benzene rings is 1. The lowest BCUT2D eigenvalue weighted by molar-refractivity contribution is 0.382. The van der Waals surface area contributed by atoms with Gasteiger partial charge >= 0.3 is 0 Å². The highest BCUT2D eigenvalue weighted by Crippen LogP contribution is 2.30. The van der Waals surface area contributed by atoms with Gasteiger partial charge < -0.3 is 5.32 Å². The Hall–Kier alpha value is -0.600. The van der Waals surface area contributed by atoms with E-state index in [4.69, 9.17) is 11.6 Å². The standard InChI is InChI=1S/C13H19ClFN/c1-4-9(3)13(16-5-2)11-8-10(15)6-7-12(11)14/h6-9,13,16H,4-5H2,1-3H3. The molecular formula is C13H19ClFN. The van der Waals surface area contributed by atoms with Gasteiger partial charge in [-0.3, -0.25) is 0 Å². The molecule has 16 heavy (non-hydrogen) atoms. The molecule has 2 unspecified atom stereocenters. The van der Waals surface area contributed by atoms with Crippen molar-refractivity contribution in [2.45, 2.75) is 33.2 Å². The molecule has 0 aliphatic carbocycles. The van der Waals surface area contributed by atoms with Gasteiger partial charge in [0.1, 0.15) is 5.82 Å². The molecule has 0 aliphatic heterocycles. The van der Waals surface area contributed by atoms with Crippen molar-refractivity contribution < 1.29 is 4.39 Å². The average Bonchev–Trinajstić information content (AvgIpc) is 2.28. The number of halogens is 2. The van der Waals surface area contributed by atoms with Gasteiger partial charge in [-0.25, -0.2) is 4.39 Å². The summed E-state index contributed by atoms with van der Waals surface area (Å²) in [4.78, 5) is 0. The molecule has 0 heterocycles. The summed E-state index contributed by atoms with van der Waals surface area (Å²) in [5, 5.41) is 4.00. The van der Waals surface area contributed by atoms with E-state index in [-0.39, 0.29) is 11.9 Å². The zero-order chi connectivity index (χ0) is 12.1. The topological polar surface area (TPSA) is 12.0 Å². The summed E-state index contributed by atoms with van der Waals surface area (Å²) in [6.07, 6.45) is 1.03. The Kier molecular flexibility index (Phi) is 5.23. The van der Waals surface area contributed by atoms with E-state index in [1.165, 1.54) is 12.1 Å². The highest BCUT2D eigenvalue weighted by atomic mass is 35.5. The third-order valence-electron chi connectivity index (χ3n) is 2.93. The fourth-order valence-electron chi connectivity index (χ4n) is 1.83. The highest BCUT2D eigenvalue weighted by molar-refractivity contribution is 6.31. The summed E-state index contributed by atoms with van der Waals surface area (Å²) in [5.74, 6) is 0.199. The largest absolute Gasteiger partial charge is 0.310 e. The third-order valence-corrected chi connectivity index (χ3v) is 3.27. The zero-order valence-corrected chi connectivity index (χ0v) is 10.8. The van der Waals surface area contributed by atoms with Gasteiger partial charge in [-0.15, -0.1) is 0 Å². The predicted octanol–water partition coefficient (Wildman–Crippen LogP) is 4.18. The van der Waals surface area contributed by atoms with Crippen LogP contribution in [0, 0.1) is 11.7 Å². The maximum absolute atomic E-state index is 13.2. The van der Waals surface area contributed by atoms with Crippen LogP contribution in [0.15, 0.2) is 18.2 Å². The summed E-state index contributed by atoms with van der Waals surface area (Å²) in [6, 6.07) is 4.67. The summed E-state index contributed by atoms with van der Waals surface area (Å²) in [7, 11) is 0. The monoisotopic (exact) mass is 243 g/mol. The lowest BCUT2D eigenvalue weighted by Gasteiger charge is -2.25. The molecule has 90 valence electrons. The van der Waals surface area contributed by atoms with Crippen LogP contribution < -0.4 is 5.32 Å². The molecule has 0 saturated heterocycles. The lowest BCUT2D eigenvalue weighted by atomic mass is 9.92. The minimum absolute atomic E-state index is 0.123. The Morgan fingerprint density at radius 1 is 1.38 bits per heavy atom. The van der Waals surface area contributed by atoms with Crippen LogP contribution in [-0.4, -0.2) is 6.54 Å². The van der Waals surface area contributed by atoms with Crippen LogP contribution in [0.2, 0.25) is 5.02 Å². The first kappa shape index (κ1) is 13.5. The molecule has 1 aromatic rings. The molecule has 0 amide bonds. The zero-order valence-electron chi connectivity index (χ0n) is 10.1. The van der Waals surface area contributed by atoms with Gasteiger partial charge in [-0.2, -0.15) is 0 Å². The Labute approximate surface area is 102 Å². The van der Waals surface area contributed by atoms with E-state index in [1.807, 2.05) is 6.92 Å². The quantitative estimate of drug-likeness (QED) is 0.818. The first-order chi connectivity index (χ1) is 7.60. The molecule has 0 fully saturated rings. The Bertz CT molecular complexity index is 341. The van der Waals surface area contributed by atoms with Crippen LogP contribution in [0.3, 0.4) is 0 Å². The van der Waals surface area contributed by atoms with Crippen molar-refractivity contribution >= 4 is 11.6 Å². The smallest absolute Gasteiger partial charge is 0.123 e. The van der Waals surface area contributed by atoms with Crippen LogP contribution in [0.25, 0.3) is 0 Å². The molecule has 0 spiro atoms. The maximum atomic E-state index is 13.2. The average molecular weight is 244 g/mol. The number of hydrogen-bond acceptors (Lipinski definition) is 1. The molecule has 2 atom stereocenters. The number of nitrogens with one attached hydrogen (secondary N) is 1. The Balaban J connectivity index is 3.04. The summed E-state index contributed by atoms with van der Waals surface area (Å²) < 4.78 is 13.2. The second-order valence-corrected chi connectivity index (χ2v) is 4.49. The molecule has 3 heteroatoms. The first-order valence-corrected chi connectivity index (χ1v) is 6.16. The second-order valence-electron chi connectivity index (χ2n) is 4.09. The minimum Gasteiger partial charge on any atom is -0.310 e. The normalized spacial score (nSPS) is 14.8. The molecule has 1 rings (SSSR count). The van der Waals surface area contributed by atoms with Crippen LogP contribution in [-0.2, 0) is 0 Å². The van der Waals surface area contributed by atoms with Gasteiger partial charge in [0.05, 0.1) is 0 Å². The van der Waals surface area contributed by atoms with E-state index >= 15 is 0 Å². The van der Waals surface area contributed by atoms with Crippen molar-refractivity contribution in [1.29, 1.82) is 0 Å². The fourth-order valence-corrected chi connectivity index (χ4v) is 2.06. The molecule has 0 aromatic heterocycles. The van der Waals surface area contributed by atoms with Gasteiger partial charge in [0.15, 0.2) is 0 Å². The van der Waals surface area contributed by atoms with E-state index in [0.29, 0.717) is 10.9 Å². The Morgan fingerprint density at radius 3 is 2.62 bits per heavy atom. The second kappa shape index (κ2) is 6.21. The van der Waals surface area contributed by atoms with Crippen LogP contribution in [0.1, 0.15) is 38.8 Å². The van der Waals surface area contributed by atoms with Gasteiger partial charge in [0.25, 0.3) is 0 Å². The first-order valence-electron chi connectivity index (χ1n) is 5.78. The third kappa shape index (κ3) is 3.19. The predicted molar refractivity (Wildman–Crippen MR) is 67.3 cm³/mol. The van der Waals surface area contributed by atoms with Crippen molar-refractivity contribution in [3.05, 3.63) is 34.6 Å². The Morgan fingerprint density at radius 2 is 2.06 bits per heavy atom. The van der Waals surface area contributed by atoms with Gasteiger partial charge in [0.2, 0.25) is 0 Å². The van der Waals surface area contributed by atoms with E-state index in [0.717, 1.165) is 18.5 Å². The van der Waals surface area contributed by atoms with E-state index in [1.54, 1.807) is 6.07 Å².